The summed E-state index contributed by atoms with van der Waals surface area (Å²) in [4.78, 5) is 0. The fraction of sp³-hybridized carbons (Fsp3) is 0.00901. The van der Waals surface area contributed by atoms with Crippen molar-refractivity contribution >= 4 is 65.2 Å². The zero-order valence-electron chi connectivity index (χ0n) is 61.7. The second kappa shape index (κ2) is 24.7. The van der Waals surface area contributed by atoms with Crippen LogP contribution in [0.3, 0.4) is 0 Å². The average molecular weight is 1430 g/mol. The van der Waals surface area contributed by atoms with E-state index in [-0.39, 0.29) is 0 Å². The van der Waals surface area contributed by atoms with Crippen LogP contribution in [0.5, 0.6) is 0 Å². The topological polar surface area (TPSA) is 9.86 Å². The van der Waals surface area contributed by atoms with Gasteiger partial charge in [-0.25, -0.2) is 0 Å². The fourth-order valence-electron chi connectivity index (χ4n) is 20.6. The van der Waals surface area contributed by atoms with E-state index in [0.717, 1.165) is 16.9 Å². The standard InChI is InChI=1S/C58H36N2.C53H32/c1-3-17-37(18-4-1)49-36-50(56(39-19-5-2-6-20-39)58-48-28-16-22-38-21-15-27-47(55(38)48)57(49)58)40-33-41(59-51-29-11-7-23-43(51)44-24-8-12-30-52(44)59)35-42(34-40)60-53-31-13-9-25-45(53)46-26-10-14-32-54(46)60;1-3-15-33(16-4-1)43-32-44(50(35-17-5-2-6-18-35)52-42-25-14-20-34-19-13-24-41(49(34)42)51(43)52)36-29-30-40-39-23-9-12-28-47(39)53(48(40)31-36)45-26-10-7-21-37(45)38-22-8-11-27-46(38)53/h1-36H;1-32H. The van der Waals surface area contributed by atoms with Crippen LogP contribution in [0.25, 0.3) is 210 Å². The Hall–Kier alpha value is -14.7. The second-order valence-corrected chi connectivity index (χ2v) is 30.7. The third-order valence-electron chi connectivity index (χ3n) is 25.0. The number of rotatable bonds is 8. The summed E-state index contributed by atoms with van der Waals surface area (Å²) in [5, 5.41) is 10.2. The molecule has 0 aliphatic heterocycles. The second-order valence-electron chi connectivity index (χ2n) is 30.7. The molecule has 1 spiro atoms. The van der Waals surface area contributed by atoms with Crippen LogP contribution in [-0.2, 0) is 5.41 Å². The largest absolute Gasteiger partial charge is 0.309 e. The van der Waals surface area contributed by atoms with Crippen molar-refractivity contribution in [3.05, 3.63) is 435 Å². The number of para-hydroxylation sites is 4. The van der Waals surface area contributed by atoms with Gasteiger partial charge >= 0.3 is 0 Å². The fourth-order valence-corrected chi connectivity index (χ4v) is 20.6. The molecular weight excluding hydrogens is 1360 g/mol. The molecule has 0 bridgehead atoms. The molecule has 0 radical (unpaired) electrons. The average Bonchev–Trinajstić information content (AvgIpc) is 1.51. The van der Waals surface area contributed by atoms with Gasteiger partial charge in [-0.2, -0.15) is 0 Å². The highest BCUT2D eigenvalue weighted by Crippen LogP contribution is 2.65. The van der Waals surface area contributed by atoms with Gasteiger partial charge in [0.25, 0.3) is 0 Å². The molecule has 21 aromatic rings. The zero-order valence-corrected chi connectivity index (χ0v) is 61.7. The first-order valence-electron chi connectivity index (χ1n) is 39.4. The van der Waals surface area contributed by atoms with E-state index in [9.17, 15) is 0 Å². The SMILES string of the molecule is c1ccc(-c2cc(-c3cc(-n4c5ccccc5c5ccccc54)cc(-n4c5ccccc5c5ccccc54)c3)c(-c3ccccc3)c3c2-c2cccc4cccc-3c24)cc1.c1ccc(-c2cc(-c3ccc4c(c3)C3(c5ccccc5-c5ccccc53)c3ccccc3-4)c(-c3ccccc3)c3c2-c2cccc4cccc-3c24)cc1. The highest BCUT2D eigenvalue weighted by atomic mass is 15.0. The van der Waals surface area contributed by atoms with Crippen molar-refractivity contribution in [1.82, 2.24) is 9.13 Å². The number of hydrogen-bond donors (Lipinski definition) is 0. The molecule has 2 nitrogen and oxygen atoms in total. The first kappa shape index (κ1) is 63.2. The van der Waals surface area contributed by atoms with Gasteiger partial charge in [0.05, 0.1) is 27.5 Å². The molecule has 0 fully saturated rings. The molecule has 2 heterocycles. The smallest absolute Gasteiger partial charge is 0.0725 e. The third-order valence-corrected chi connectivity index (χ3v) is 25.0. The predicted molar refractivity (Wildman–Crippen MR) is 474 cm³/mol. The van der Waals surface area contributed by atoms with E-state index in [0.29, 0.717) is 0 Å². The molecule has 19 aromatic carbocycles. The van der Waals surface area contributed by atoms with E-state index in [1.54, 1.807) is 0 Å². The summed E-state index contributed by atoms with van der Waals surface area (Å²) in [5.41, 5.74) is 42.6. The summed E-state index contributed by atoms with van der Waals surface area (Å²) in [6.45, 7) is 0. The summed E-state index contributed by atoms with van der Waals surface area (Å²) in [6.07, 6.45) is 0. The summed E-state index contributed by atoms with van der Waals surface area (Å²) in [6, 6.07) is 153. The van der Waals surface area contributed by atoms with Crippen LogP contribution in [0, 0.1) is 0 Å². The first-order chi connectivity index (χ1) is 56.1. The van der Waals surface area contributed by atoms with Gasteiger partial charge in [0.15, 0.2) is 0 Å². The van der Waals surface area contributed by atoms with Crippen molar-refractivity contribution in [2.45, 2.75) is 5.41 Å². The van der Waals surface area contributed by atoms with E-state index in [1.807, 2.05) is 0 Å². The van der Waals surface area contributed by atoms with E-state index >= 15 is 0 Å². The Labute approximate surface area is 655 Å². The van der Waals surface area contributed by atoms with Crippen LogP contribution in [0.15, 0.2) is 413 Å². The third kappa shape index (κ3) is 9.12. The summed E-state index contributed by atoms with van der Waals surface area (Å²) < 4.78 is 4.94. The lowest BCUT2D eigenvalue weighted by Gasteiger charge is -2.31. The molecule has 522 valence electrons. The molecular formula is C111H68N2. The van der Waals surface area contributed by atoms with Crippen molar-refractivity contribution in [2.24, 2.45) is 0 Å². The highest BCUT2D eigenvalue weighted by Gasteiger charge is 2.52. The minimum Gasteiger partial charge on any atom is -0.309 e. The van der Waals surface area contributed by atoms with E-state index in [4.69, 9.17) is 0 Å². The molecule has 0 N–H and O–H groups in total. The highest BCUT2D eigenvalue weighted by molar-refractivity contribution is 6.25. The van der Waals surface area contributed by atoms with Crippen LogP contribution in [-0.4, -0.2) is 9.13 Å². The lowest BCUT2D eigenvalue weighted by molar-refractivity contribution is 0.794. The van der Waals surface area contributed by atoms with Gasteiger partial charge in [0.2, 0.25) is 0 Å². The number of hydrogen-bond acceptors (Lipinski definition) is 0. The molecule has 2 heteroatoms. The quantitative estimate of drug-likeness (QED) is 0.143. The van der Waals surface area contributed by atoms with Crippen molar-refractivity contribution in [3.63, 3.8) is 0 Å². The van der Waals surface area contributed by atoms with Crippen molar-refractivity contribution in [1.29, 1.82) is 0 Å². The molecule has 0 saturated carbocycles. The van der Waals surface area contributed by atoms with Gasteiger partial charge in [-0.1, -0.05) is 352 Å². The van der Waals surface area contributed by atoms with E-state index in [1.165, 1.54) is 215 Å². The monoisotopic (exact) mass is 1430 g/mol. The van der Waals surface area contributed by atoms with Gasteiger partial charge in [-0.15, -0.1) is 0 Å². The lowest BCUT2D eigenvalue weighted by Crippen LogP contribution is -2.25. The van der Waals surface area contributed by atoms with Gasteiger partial charge in [0, 0.05) is 32.9 Å². The maximum atomic E-state index is 2.54. The molecule has 0 atom stereocenters. The summed E-state index contributed by atoms with van der Waals surface area (Å²) in [7, 11) is 0. The predicted octanol–water partition coefficient (Wildman–Crippen LogP) is 29.5. The van der Waals surface area contributed by atoms with E-state index < -0.39 is 5.41 Å². The van der Waals surface area contributed by atoms with Crippen LogP contribution in [0.1, 0.15) is 22.3 Å². The Morgan fingerprint density at radius 1 is 0.159 bits per heavy atom. The molecule has 0 amide bonds. The molecule has 0 saturated heterocycles. The van der Waals surface area contributed by atoms with Gasteiger partial charge in [-0.3, -0.25) is 0 Å². The molecule has 2 aromatic heterocycles. The Morgan fingerprint density at radius 3 is 0.850 bits per heavy atom. The minimum absolute atomic E-state index is 0.400. The van der Waals surface area contributed by atoms with Gasteiger partial charge < -0.3 is 9.13 Å². The number of nitrogens with zero attached hydrogens (tertiary/aromatic N) is 2. The zero-order chi connectivity index (χ0) is 74.0. The summed E-state index contributed by atoms with van der Waals surface area (Å²) >= 11 is 0. The van der Waals surface area contributed by atoms with Gasteiger partial charge in [0.1, 0.15) is 0 Å². The van der Waals surface area contributed by atoms with Crippen molar-refractivity contribution < 1.29 is 0 Å². The molecule has 4 aliphatic rings. The molecule has 4 aliphatic carbocycles. The molecule has 0 unspecified atom stereocenters. The minimum atomic E-state index is -0.400. The van der Waals surface area contributed by atoms with Gasteiger partial charge in [-0.05, 0) is 238 Å². The van der Waals surface area contributed by atoms with Crippen LogP contribution in [0.2, 0.25) is 0 Å². The van der Waals surface area contributed by atoms with Crippen molar-refractivity contribution in [2.75, 3.05) is 0 Å². The lowest BCUT2D eigenvalue weighted by atomic mass is 9.70. The Morgan fingerprint density at radius 2 is 0.460 bits per heavy atom. The molecule has 113 heavy (non-hydrogen) atoms. The summed E-state index contributed by atoms with van der Waals surface area (Å²) in [5.74, 6) is 0. The Bertz CT molecular complexity index is 7270. The van der Waals surface area contributed by atoms with Crippen molar-refractivity contribution in [3.8, 4) is 145 Å². The van der Waals surface area contributed by atoms with E-state index in [2.05, 4.69) is 422 Å². The maximum absolute atomic E-state index is 2.54. The molecule has 25 rings (SSSR count). The normalized spacial score (nSPS) is 12.7. The van der Waals surface area contributed by atoms with Crippen LogP contribution >= 0.6 is 0 Å². The number of fused-ring (bicyclic) bond motifs is 22. The van der Waals surface area contributed by atoms with Crippen LogP contribution < -0.4 is 0 Å². The Kier molecular flexibility index (Phi) is 13.8. The number of aromatic nitrogens is 2. The maximum Gasteiger partial charge on any atom is 0.0725 e. The first-order valence-corrected chi connectivity index (χ1v) is 39.4. The van der Waals surface area contributed by atoms with Crippen LogP contribution in [0.4, 0.5) is 0 Å². The number of benzene rings is 19. The Balaban J connectivity index is 0.000000132.